The summed E-state index contributed by atoms with van der Waals surface area (Å²) in [6.45, 7) is 8.18. The van der Waals surface area contributed by atoms with E-state index in [1.807, 2.05) is 37.1 Å². The number of nitrogens with zero attached hydrogens (tertiary/aromatic N) is 4. The van der Waals surface area contributed by atoms with Crippen LogP contribution in [-0.2, 0) is 11.2 Å². The van der Waals surface area contributed by atoms with E-state index in [9.17, 15) is 4.79 Å². The molecule has 0 spiro atoms. The lowest BCUT2D eigenvalue weighted by Crippen LogP contribution is -2.43. The number of nitrogens with one attached hydrogen (secondary N) is 1. The summed E-state index contributed by atoms with van der Waals surface area (Å²) in [5.41, 5.74) is 5.99. The van der Waals surface area contributed by atoms with Crippen LogP contribution in [0.1, 0.15) is 62.0 Å². The molecule has 1 N–H and O–H groups in total. The highest BCUT2D eigenvalue weighted by molar-refractivity contribution is 5.99. The lowest BCUT2D eigenvalue weighted by molar-refractivity contribution is -0.120. The Balaban J connectivity index is 1.45. The first-order valence-electron chi connectivity index (χ1n) is 13.4. The minimum atomic E-state index is 0.175. The molecule has 1 aliphatic carbocycles. The normalized spacial score (nSPS) is 20.3. The van der Waals surface area contributed by atoms with Gasteiger partial charge >= 0.3 is 0 Å². The topological polar surface area (TPSA) is 72.3 Å². The Labute approximate surface area is 212 Å². The maximum atomic E-state index is 13.3. The molecule has 6 rings (SSSR count). The first-order chi connectivity index (χ1) is 17.5. The van der Waals surface area contributed by atoms with Crippen LogP contribution in [-0.4, -0.2) is 39.8 Å². The van der Waals surface area contributed by atoms with E-state index in [4.69, 9.17) is 9.84 Å². The third-order valence-corrected chi connectivity index (χ3v) is 7.90. The number of carbonyl (C=O) groups excluding carboxylic acids is 1. The Hall–Kier alpha value is -3.19. The van der Waals surface area contributed by atoms with Gasteiger partial charge in [-0.2, -0.15) is 5.10 Å². The fourth-order valence-electron chi connectivity index (χ4n) is 5.65. The maximum absolute atomic E-state index is 13.3. The zero-order chi connectivity index (χ0) is 24.8. The van der Waals surface area contributed by atoms with Gasteiger partial charge in [-0.3, -0.25) is 14.5 Å². The fourth-order valence-corrected chi connectivity index (χ4v) is 5.65. The molecular formula is C29H35N5O2. The predicted octanol–water partition coefficient (Wildman–Crippen LogP) is 5.36. The molecule has 1 saturated heterocycles. The standard InChI is InChI=1S/C29H35N5O2/c1-18-4-11-27(20(3)32-18)36-28-24(22-16-31-33(17-22)23-12-14-30-15-13-23)9-10-26-25(28)8-5-19(2)34(26)29(35)21-6-7-21/h4,9-11,16-17,19,21,23,30H,5-8,12-15H2,1-3H3/t19-/m0/s1. The zero-order valence-electron chi connectivity index (χ0n) is 21.5. The van der Waals surface area contributed by atoms with Crippen LogP contribution in [0.2, 0.25) is 0 Å². The Bertz CT molecular complexity index is 1290. The van der Waals surface area contributed by atoms with E-state index in [1.165, 1.54) is 0 Å². The van der Waals surface area contributed by atoms with Crippen LogP contribution in [0.25, 0.3) is 11.1 Å². The number of fused-ring (bicyclic) bond motifs is 1. The molecule has 3 aromatic rings. The van der Waals surface area contributed by atoms with Crippen molar-refractivity contribution in [1.82, 2.24) is 20.1 Å². The van der Waals surface area contributed by atoms with E-state index in [2.05, 4.69) is 40.2 Å². The van der Waals surface area contributed by atoms with E-state index in [0.717, 1.165) is 96.9 Å². The van der Waals surface area contributed by atoms with Crippen molar-refractivity contribution >= 4 is 11.6 Å². The Morgan fingerprint density at radius 3 is 2.61 bits per heavy atom. The Morgan fingerprint density at radius 1 is 1.06 bits per heavy atom. The zero-order valence-corrected chi connectivity index (χ0v) is 21.5. The second-order valence-corrected chi connectivity index (χ2v) is 10.6. The number of hydrogen-bond acceptors (Lipinski definition) is 5. The van der Waals surface area contributed by atoms with E-state index in [0.29, 0.717) is 6.04 Å². The van der Waals surface area contributed by atoms with E-state index in [1.54, 1.807) is 0 Å². The molecule has 0 radical (unpaired) electrons. The molecule has 7 heteroatoms. The Kier molecular flexibility index (Phi) is 6.04. The second-order valence-electron chi connectivity index (χ2n) is 10.6. The molecule has 7 nitrogen and oxygen atoms in total. The molecule has 0 bridgehead atoms. The molecule has 0 unspecified atom stereocenters. The van der Waals surface area contributed by atoms with Crippen LogP contribution in [0.4, 0.5) is 5.69 Å². The van der Waals surface area contributed by atoms with Crippen molar-refractivity contribution in [3.05, 3.63) is 53.6 Å². The summed E-state index contributed by atoms with van der Waals surface area (Å²) in [7, 11) is 0. The number of aromatic nitrogens is 3. The van der Waals surface area contributed by atoms with Crippen molar-refractivity contribution in [1.29, 1.82) is 0 Å². The first-order valence-corrected chi connectivity index (χ1v) is 13.4. The largest absolute Gasteiger partial charge is 0.454 e. The van der Waals surface area contributed by atoms with Gasteiger partial charge in [0.05, 0.1) is 23.6 Å². The van der Waals surface area contributed by atoms with Crippen molar-refractivity contribution in [2.24, 2.45) is 5.92 Å². The van der Waals surface area contributed by atoms with E-state index in [-0.39, 0.29) is 17.9 Å². The SMILES string of the molecule is Cc1ccc(Oc2c(-c3cnn(C4CCNCC4)c3)ccc3c2CC[C@H](C)N3C(=O)C2CC2)c(C)n1. The Morgan fingerprint density at radius 2 is 1.86 bits per heavy atom. The smallest absolute Gasteiger partial charge is 0.230 e. The highest BCUT2D eigenvalue weighted by Crippen LogP contribution is 2.46. The average Bonchev–Trinajstić information content (AvgIpc) is 3.62. The highest BCUT2D eigenvalue weighted by Gasteiger charge is 2.39. The van der Waals surface area contributed by atoms with Gasteiger partial charge in [-0.1, -0.05) is 0 Å². The van der Waals surface area contributed by atoms with E-state index < -0.39 is 0 Å². The molecule has 1 aromatic carbocycles. The number of carbonyl (C=O) groups is 1. The minimum Gasteiger partial charge on any atom is -0.454 e. The van der Waals surface area contributed by atoms with Crippen molar-refractivity contribution in [3.8, 4) is 22.6 Å². The molecule has 2 aliphatic heterocycles. The number of rotatable bonds is 5. The quantitative estimate of drug-likeness (QED) is 0.527. The van der Waals surface area contributed by atoms with Crippen molar-refractivity contribution in [2.45, 2.75) is 71.4 Å². The summed E-state index contributed by atoms with van der Waals surface area (Å²) in [6.07, 6.45) is 10.1. The lowest BCUT2D eigenvalue weighted by Gasteiger charge is -2.36. The van der Waals surface area contributed by atoms with Gasteiger partial charge in [-0.15, -0.1) is 0 Å². The predicted molar refractivity (Wildman–Crippen MR) is 141 cm³/mol. The van der Waals surface area contributed by atoms with Gasteiger partial charge in [0.1, 0.15) is 11.5 Å². The number of piperidine rings is 1. The summed E-state index contributed by atoms with van der Waals surface area (Å²) in [5.74, 6) is 2.01. The van der Waals surface area contributed by atoms with E-state index >= 15 is 0 Å². The third kappa shape index (κ3) is 4.30. The number of ether oxygens (including phenoxy) is 1. The van der Waals surface area contributed by atoms with Gasteiger partial charge in [0.15, 0.2) is 0 Å². The number of hydrogen-bond donors (Lipinski definition) is 1. The lowest BCUT2D eigenvalue weighted by atomic mass is 9.92. The number of anilines is 1. The van der Waals surface area contributed by atoms with Crippen LogP contribution in [0.5, 0.6) is 11.5 Å². The van der Waals surface area contributed by atoms with Crippen molar-refractivity contribution < 1.29 is 9.53 Å². The summed E-state index contributed by atoms with van der Waals surface area (Å²) >= 11 is 0. The minimum absolute atomic E-state index is 0.175. The molecule has 3 aliphatic rings. The molecule has 4 heterocycles. The fraction of sp³-hybridized carbons (Fsp3) is 0.483. The first kappa shape index (κ1) is 23.2. The van der Waals surface area contributed by atoms with Gasteiger partial charge in [0.2, 0.25) is 5.91 Å². The van der Waals surface area contributed by atoms with Crippen LogP contribution in [0.15, 0.2) is 36.7 Å². The highest BCUT2D eigenvalue weighted by atomic mass is 16.5. The summed E-state index contributed by atoms with van der Waals surface area (Å²) < 4.78 is 8.81. The van der Waals surface area contributed by atoms with Gasteiger partial charge in [-0.05, 0) is 96.7 Å². The average molecular weight is 486 g/mol. The monoisotopic (exact) mass is 485 g/mol. The number of pyridine rings is 1. The molecule has 188 valence electrons. The summed E-state index contributed by atoms with van der Waals surface area (Å²) in [5, 5.41) is 8.18. The summed E-state index contributed by atoms with van der Waals surface area (Å²) in [4.78, 5) is 19.9. The molecule has 2 fully saturated rings. The van der Waals surface area contributed by atoms with Crippen LogP contribution >= 0.6 is 0 Å². The van der Waals surface area contributed by atoms with Crippen LogP contribution in [0, 0.1) is 19.8 Å². The molecule has 2 aromatic heterocycles. The van der Waals surface area contributed by atoms with Crippen molar-refractivity contribution in [2.75, 3.05) is 18.0 Å². The van der Waals surface area contributed by atoms with Gasteiger partial charge in [0, 0.05) is 40.5 Å². The molecule has 36 heavy (non-hydrogen) atoms. The van der Waals surface area contributed by atoms with Crippen molar-refractivity contribution in [3.63, 3.8) is 0 Å². The van der Waals surface area contributed by atoms with Crippen LogP contribution in [0.3, 0.4) is 0 Å². The second kappa shape index (κ2) is 9.36. The third-order valence-electron chi connectivity index (χ3n) is 7.90. The summed E-state index contributed by atoms with van der Waals surface area (Å²) in [6, 6.07) is 8.82. The number of benzene rings is 1. The molecule has 1 atom stereocenters. The van der Waals surface area contributed by atoms with Gasteiger partial charge in [0.25, 0.3) is 0 Å². The van der Waals surface area contributed by atoms with Gasteiger partial charge in [-0.25, -0.2) is 0 Å². The molecule has 1 saturated carbocycles. The maximum Gasteiger partial charge on any atom is 0.230 e. The van der Waals surface area contributed by atoms with Crippen LogP contribution < -0.4 is 15.0 Å². The number of aryl methyl sites for hydroxylation is 2. The van der Waals surface area contributed by atoms with Gasteiger partial charge < -0.3 is 15.0 Å². The molecule has 1 amide bonds. The molecular weight excluding hydrogens is 450 g/mol. The number of amides is 1.